The second-order valence-corrected chi connectivity index (χ2v) is 9.73. The Bertz CT molecular complexity index is 1290. The minimum absolute atomic E-state index is 0.0323. The fourth-order valence-corrected chi connectivity index (χ4v) is 4.36. The van der Waals surface area contributed by atoms with E-state index < -0.39 is 9.84 Å². The number of allylic oxidation sites excluding steroid dienone is 1. The van der Waals surface area contributed by atoms with Crippen molar-refractivity contribution in [3.8, 4) is 11.1 Å². The van der Waals surface area contributed by atoms with Crippen LogP contribution in [0.2, 0.25) is 0 Å². The van der Waals surface area contributed by atoms with Gasteiger partial charge in [0.15, 0.2) is 9.84 Å². The monoisotopic (exact) mass is 444 g/mol. The molecule has 1 amide bonds. The Hall–Kier alpha value is -2.97. The van der Waals surface area contributed by atoms with Crippen LogP contribution in [-0.4, -0.2) is 50.7 Å². The number of rotatable bonds is 6. The van der Waals surface area contributed by atoms with Crippen LogP contribution >= 0.6 is 0 Å². The molecule has 2 aromatic carbocycles. The lowest BCUT2D eigenvalue weighted by Gasteiger charge is -2.11. The fraction of sp³-hybridized carbons (Fsp3) is 0.261. The van der Waals surface area contributed by atoms with Gasteiger partial charge in [-0.05, 0) is 42.8 Å². The summed E-state index contributed by atoms with van der Waals surface area (Å²) in [4.78, 5) is 14.2. The van der Waals surface area contributed by atoms with Crippen molar-refractivity contribution in [2.45, 2.75) is 18.4 Å². The van der Waals surface area contributed by atoms with Crippen molar-refractivity contribution in [1.29, 1.82) is 0 Å². The van der Waals surface area contributed by atoms with Crippen LogP contribution in [0.25, 0.3) is 22.0 Å². The normalized spacial score (nSPS) is 12.4. The molecule has 3 N–H and O–H groups in total. The van der Waals surface area contributed by atoms with E-state index in [0.29, 0.717) is 17.7 Å². The zero-order valence-electron chi connectivity index (χ0n) is 18.1. The van der Waals surface area contributed by atoms with Crippen LogP contribution in [0.1, 0.15) is 16.1 Å². The number of halogens is 1. The molecule has 0 spiro atoms. The maximum Gasteiger partial charge on any atom is 0.253 e. The molecule has 0 bridgehead atoms. The van der Waals surface area contributed by atoms with Crippen molar-refractivity contribution in [1.82, 2.24) is 9.47 Å². The van der Waals surface area contributed by atoms with Crippen LogP contribution in [0.4, 0.5) is 4.39 Å². The first-order valence-corrected chi connectivity index (χ1v) is 11.7. The molecular formula is C23H27FN3O3S+. The molecule has 0 aliphatic carbocycles. The highest BCUT2D eigenvalue weighted by atomic mass is 32.2. The van der Waals surface area contributed by atoms with Crippen LogP contribution in [0, 0.1) is 6.92 Å². The third kappa shape index (κ3) is 4.55. The topological polar surface area (TPSA) is 87.0 Å². The van der Waals surface area contributed by atoms with Crippen molar-refractivity contribution in [3.05, 3.63) is 65.6 Å². The van der Waals surface area contributed by atoms with E-state index in [2.05, 4.69) is 5.73 Å². The Labute approximate surface area is 181 Å². The van der Waals surface area contributed by atoms with E-state index >= 15 is 0 Å². The number of sulfone groups is 1. The standard InChI is InChI=1S/C23H26FN3O3S/c1-15-22(16-6-5-7-19(12-16)31(4,29)30)20-13-17(23(28)26(2)3)8-9-21(20)27(15)14-18(24)10-11-25/h5-10,12-13H,11,14,25H2,1-4H3/p+1/b18-10-. The van der Waals surface area contributed by atoms with Gasteiger partial charge >= 0.3 is 0 Å². The van der Waals surface area contributed by atoms with Gasteiger partial charge in [0.1, 0.15) is 5.83 Å². The van der Waals surface area contributed by atoms with Gasteiger partial charge in [-0.25, -0.2) is 12.8 Å². The lowest BCUT2D eigenvalue weighted by molar-refractivity contribution is -0.353. The molecule has 1 aromatic heterocycles. The Morgan fingerprint density at radius 1 is 1.19 bits per heavy atom. The van der Waals surface area contributed by atoms with Crippen LogP contribution < -0.4 is 5.73 Å². The smallest absolute Gasteiger partial charge is 0.253 e. The fourth-order valence-electron chi connectivity index (χ4n) is 3.70. The number of nitrogens with zero attached hydrogens (tertiary/aromatic N) is 2. The first-order chi connectivity index (χ1) is 14.5. The predicted octanol–water partition coefficient (Wildman–Crippen LogP) is 2.82. The number of hydrogen-bond donors (Lipinski definition) is 1. The molecule has 0 unspecified atom stereocenters. The van der Waals surface area contributed by atoms with E-state index in [-0.39, 0.29) is 23.2 Å². The number of aromatic nitrogens is 1. The molecule has 0 fully saturated rings. The van der Waals surface area contributed by atoms with Gasteiger partial charge in [-0.1, -0.05) is 12.1 Å². The highest BCUT2D eigenvalue weighted by Crippen LogP contribution is 2.36. The number of benzene rings is 2. The van der Waals surface area contributed by atoms with Gasteiger partial charge in [-0.2, -0.15) is 0 Å². The van der Waals surface area contributed by atoms with E-state index in [9.17, 15) is 17.6 Å². The summed E-state index contributed by atoms with van der Waals surface area (Å²) in [6.07, 6.45) is 2.59. The lowest BCUT2D eigenvalue weighted by atomic mass is 10.0. The van der Waals surface area contributed by atoms with Gasteiger partial charge in [0.25, 0.3) is 5.91 Å². The van der Waals surface area contributed by atoms with Crippen LogP contribution in [0.15, 0.2) is 59.3 Å². The highest BCUT2D eigenvalue weighted by Gasteiger charge is 2.20. The van der Waals surface area contributed by atoms with Crippen LogP contribution in [-0.2, 0) is 16.4 Å². The lowest BCUT2D eigenvalue weighted by Crippen LogP contribution is -2.49. The largest absolute Gasteiger partial charge is 0.354 e. The molecule has 0 atom stereocenters. The molecule has 1 heterocycles. The molecule has 3 aromatic rings. The first kappa shape index (κ1) is 22.7. The predicted molar refractivity (Wildman–Crippen MR) is 120 cm³/mol. The Balaban J connectivity index is 2.33. The number of fused-ring (bicyclic) bond motifs is 1. The average molecular weight is 445 g/mol. The van der Waals surface area contributed by atoms with Gasteiger partial charge in [-0.15, -0.1) is 0 Å². The Kier molecular flexibility index (Phi) is 6.33. The van der Waals surface area contributed by atoms with Crippen molar-refractivity contribution in [2.24, 2.45) is 0 Å². The van der Waals surface area contributed by atoms with Gasteiger partial charge in [0, 0.05) is 54.2 Å². The maximum atomic E-state index is 14.4. The van der Waals surface area contributed by atoms with Crippen molar-refractivity contribution >= 4 is 26.6 Å². The third-order valence-corrected chi connectivity index (χ3v) is 6.31. The van der Waals surface area contributed by atoms with E-state index in [0.717, 1.165) is 28.4 Å². The average Bonchev–Trinajstić information content (AvgIpc) is 2.97. The second kappa shape index (κ2) is 8.64. The molecule has 8 heteroatoms. The summed E-state index contributed by atoms with van der Waals surface area (Å²) in [6, 6.07) is 12.0. The van der Waals surface area contributed by atoms with Crippen molar-refractivity contribution in [3.63, 3.8) is 0 Å². The maximum absolute atomic E-state index is 14.4. The summed E-state index contributed by atoms with van der Waals surface area (Å²) in [7, 11) is -0.0375. The van der Waals surface area contributed by atoms with E-state index in [1.807, 2.05) is 17.6 Å². The summed E-state index contributed by atoms with van der Waals surface area (Å²) >= 11 is 0. The molecular weight excluding hydrogens is 417 g/mol. The zero-order chi connectivity index (χ0) is 22.9. The summed E-state index contributed by atoms with van der Waals surface area (Å²) in [5, 5.41) is 0.762. The molecule has 0 radical (unpaired) electrons. The molecule has 0 saturated heterocycles. The molecule has 164 valence electrons. The van der Waals surface area contributed by atoms with Crippen LogP contribution in [0.3, 0.4) is 0 Å². The number of carbonyl (C=O) groups excluding carboxylic acids is 1. The van der Waals surface area contributed by atoms with Gasteiger partial charge in [-0.3, -0.25) is 4.79 Å². The van der Waals surface area contributed by atoms with E-state index in [1.165, 1.54) is 11.0 Å². The van der Waals surface area contributed by atoms with Gasteiger partial charge in [0.05, 0.1) is 18.0 Å². The van der Waals surface area contributed by atoms with E-state index in [4.69, 9.17) is 0 Å². The zero-order valence-corrected chi connectivity index (χ0v) is 19.0. The summed E-state index contributed by atoms with van der Waals surface area (Å²) < 4.78 is 40.4. The first-order valence-electron chi connectivity index (χ1n) is 9.83. The number of hydrogen-bond acceptors (Lipinski definition) is 3. The second-order valence-electron chi connectivity index (χ2n) is 7.72. The molecule has 0 aliphatic heterocycles. The molecule has 31 heavy (non-hydrogen) atoms. The molecule has 0 saturated carbocycles. The number of carbonyl (C=O) groups is 1. The quantitative estimate of drug-likeness (QED) is 0.634. The van der Waals surface area contributed by atoms with Gasteiger partial charge < -0.3 is 15.2 Å². The molecule has 6 nitrogen and oxygen atoms in total. The van der Waals surface area contributed by atoms with E-state index in [1.54, 1.807) is 50.5 Å². The Morgan fingerprint density at radius 3 is 2.52 bits per heavy atom. The minimum Gasteiger partial charge on any atom is -0.354 e. The summed E-state index contributed by atoms with van der Waals surface area (Å²) in [5.41, 5.74) is 7.18. The minimum atomic E-state index is -3.40. The SMILES string of the molecule is Cc1c(-c2cccc(S(C)(=O)=O)c2)c2cc(C(=O)N(C)C)ccc2n1C/C(F)=C/C[NH3+]. The highest BCUT2D eigenvalue weighted by molar-refractivity contribution is 7.90. The molecule has 3 rings (SSSR count). The summed E-state index contributed by atoms with van der Waals surface area (Å²) in [6.45, 7) is 2.24. The van der Waals surface area contributed by atoms with Crippen molar-refractivity contribution in [2.75, 3.05) is 26.9 Å². The van der Waals surface area contributed by atoms with Crippen LogP contribution in [0.5, 0.6) is 0 Å². The van der Waals surface area contributed by atoms with Gasteiger partial charge in [0.2, 0.25) is 0 Å². The number of quaternary nitrogens is 1. The molecule has 0 aliphatic rings. The summed E-state index contributed by atoms with van der Waals surface area (Å²) in [5.74, 6) is -0.453. The van der Waals surface area contributed by atoms with Crippen molar-refractivity contribution < 1.29 is 23.3 Å². The number of amides is 1. The third-order valence-electron chi connectivity index (χ3n) is 5.20. The Morgan fingerprint density at radius 2 is 1.90 bits per heavy atom.